The van der Waals surface area contributed by atoms with Crippen LogP contribution in [0.15, 0.2) is 73.1 Å². The molecule has 0 atom stereocenters. The van der Waals surface area contributed by atoms with E-state index >= 15 is 0 Å². The monoisotopic (exact) mass is 403 g/mol. The number of hydrogen-bond acceptors (Lipinski definition) is 4. The van der Waals surface area contributed by atoms with Gasteiger partial charge in [-0.15, -0.1) is 0 Å². The van der Waals surface area contributed by atoms with E-state index in [1.165, 1.54) is 11.6 Å². The maximum atomic E-state index is 12.0. The van der Waals surface area contributed by atoms with Crippen LogP contribution in [0.25, 0.3) is 6.08 Å². The Kier molecular flexibility index (Phi) is 7.16. The highest BCUT2D eigenvalue weighted by molar-refractivity contribution is 5.94. The van der Waals surface area contributed by atoms with Gasteiger partial charge in [-0.2, -0.15) is 5.10 Å². The van der Waals surface area contributed by atoms with E-state index in [1.54, 1.807) is 17.0 Å². The van der Waals surface area contributed by atoms with Crippen LogP contribution in [-0.2, 0) is 20.9 Å². The van der Waals surface area contributed by atoms with Crippen molar-refractivity contribution in [2.75, 3.05) is 11.9 Å². The second-order valence-corrected chi connectivity index (χ2v) is 7.22. The molecule has 3 aromatic rings. The number of benzene rings is 2. The van der Waals surface area contributed by atoms with Gasteiger partial charge in [-0.3, -0.25) is 9.48 Å². The van der Waals surface area contributed by atoms with E-state index in [1.807, 2.05) is 60.8 Å². The van der Waals surface area contributed by atoms with Crippen molar-refractivity contribution >= 4 is 23.6 Å². The molecule has 154 valence electrons. The minimum absolute atomic E-state index is 0.345. The fourth-order valence-electron chi connectivity index (χ4n) is 2.82. The number of esters is 1. The largest absolute Gasteiger partial charge is 0.452 e. The quantitative estimate of drug-likeness (QED) is 0.451. The second-order valence-electron chi connectivity index (χ2n) is 7.22. The summed E-state index contributed by atoms with van der Waals surface area (Å²) in [7, 11) is 0. The fraction of sp³-hybridized carbons (Fsp3) is 0.208. The third kappa shape index (κ3) is 6.44. The molecule has 0 bridgehead atoms. The Morgan fingerprint density at radius 2 is 1.83 bits per heavy atom. The Morgan fingerprint density at radius 3 is 2.53 bits per heavy atom. The van der Waals surface area contributed by atoms with Crippen LogP contribution in [0.1, 0.15) is 36.5 Å². The smallest absolute Gasteiger partial charge is 0.331 e. The lowest BCUT2D eigenvalue weighted by atomic mass is 10.0. The summed E-state index contributed by atoms with van der Waals surface area (Å²) in [4.78, 5) is 23.8. The van der Waals surface area contributed by atoms with Gasteiger partial charge in [0, 0.05) is 23.5 Å². The van der Waals surface area contributed by atoms with Crippen LogP contribution in [0.2, 0.25) is 0 Å². The number of carbonyl (C=O) groups is 2. The van der Waals surface area contributed by atoms with E-state index in [4.69, 9.17) is 4.74 Å². The molecule has 0 radical (unpaired) electrons. The first kappa shape index (κ1) is 21.0. The average molecular weight is 403 g/mol. The molecule has 0 fully saturated rings. The molecule has 6 heteroatoms. The second kappa shape index (κ2) is 10.2. The summed E-state index contributed by atoms with van der Waals surface area (Å²) < 4.78 is 6.79. The molecular weight excluding hydrogens is 378 g/mol. The lowest BCUT2D eigenvalue weighted by Gasteiger charge is -2.08. The average Bonchev–Trinajstić information content (AvgIpc) is 3.19. The molecule has 1 aromatic heterocycles. The van der Waals surface area contributed by atoms with Gasteiger partial charge in [0.1, 0.15) is 0 Å². The van der Waals surface area contributed by atoms with E-state index in [2.05, 4.69) is 24.3 Å². The summed E-state index contributed by atoms with van der Waals surface area (Å²) in [6, 6.07) is 17.6. The number of aromatic nitrogens is 2. The van der Waals surface area contributed by atoms with Gasteiger partial charge >= 0.3 is 5.97 Å². The van der Waals surface area contributed by atoms with Crippen molar-refractivity contribution in [1.29, 1.82) is 0 Å². The molecule has 0 unspecified atom stereocenters. The maximum absolute atomic E-state index is 12.0. The molecule has 0 spiro atoms. The van der Waals surface area contributed by atoms with Gasteiger partial charge < -0.3 is 10.1 Å². The van der Waals surface area contributed by atoms with Crippen molar-refractivity contribution < 1.29 is 14.3 Å². The summed E-state index contributed by atoms with van der Waals surface area (Å²) in [6.07, 6.45) is 6.40. The molecule has 0 saturated heterocycles. The number of hydrogen-bond donors (Lipinski definition) is 1. The van der Waals surface area contributed by atoms with Gasteiger partial charge in [-0.05, 0) is 35.3 Å². The number of nitrogens with one attached hydrogen (secondary N) is 1. The van der Waals surface area contributed by atoms with Crippen molar-refractivity contribution in [1.82, 2.24) is 9.78 Å². The predicted molar refractivity (Wildman–Crippen MR) is 117 cm³/mol. The molecule has 2 aromatic carbocycles. The molecule has 1 N–H and O–H groups in total. The van der Waals surface area contributed by atoms with Crippen LogP contribution >= 0.6 is 0 Å². The van der Waals surface area contributed by atoms with Crippen molar-refractivity contribution in [3.63, 3.8) is 0 Å². The zero-order chi connectivity index (χ0) is 21.3. The maximum Gasteiger partial charge on any atom is 0.331 e. The Labute approximate surface area is 176 Å². The SMILES string of the molecule is CC(C)c1ccc(NC(=O)COC(=O)/C=C/c2cnn(Cc3ccccc3)c2)cc1. The van der Waals surface area contributed by atoms with Crippen molar-refractivity contribution in [2.24, 2.45) is 0 Å². The Balaban J connectivity index is 1.44. The van der Waals surface area contributed by atoms with Gasteiger partial charge in [0.05, 0.1) is 12.7 Å². The first-order chi connectivity index (χ1) is 14.5. The van der Waals surface area contributed by atoms with Crippen molar-refractivity contribution in [3.8, 4) is 0 Å². The number of nitrogens with zero attached hydrogens (tertiary/aromatic N) is 2. The molecule has 3 rings (SSSR count). The minimum Gasteiger partial charge on any atom is -0.452 e. The van der Waals surface area contributed by atoms with E-state index in [0.29, 0.717) is 18.2 Å². The minimum atomic E-state index is -0.587. The molecule has 1 amide bonds. The predicted octanol–water partition coefficient (Wildman–Crippen LogP) is 4.25. The van der Waals surface area contributed by atoms with Gasteiger partial charge in [0.25, 0.3) is 5.91 Å². The molecule has 0 saturated carbocycles. The highest BCUT2D eigenvalue weighted by Crippen LogP contribution is 2.17. The number of rotatable bonds is 8. The first-order valence-corrected chi connectivity index (χ1v) is 9.80. The van der Waals surface area contributed by atoms with Gasteiger partial charge in [0.2, 0.25) is 0 Å². The van der Waals surface area contributed by atoms with Crippen LogP contribution in [-0.4, -0.2) is 28.3 Å². The van der Waals surface area contributed by atoms with E-state index in [-0.39, 0.29) is 12.5 Å². The van der Waals surface area contributed by atoms with Crippen LogP contribution in [0.3, 0.4) is 0 Å². The molecule has 1 heterocycles. The van der Waals surface area contributed by atoms with Gasteiger partial charge in [0.15, 0.2) is 6.61 Å². The van der Waals surface area contributed by atoms with Crippen molar-refractivity contribution in [2.45, 2.75) is 26.3 Å². The highest BCUT2D eigenvalue weighted by atomic mass is 16.5. The molecule has 30 heavy (non-hydrogen) atoms. The van der Waals surface area contributed by atoms with Crippen LogP contribution in [0, 0.1) is 0 Å². The lowest BCUT2D eigenvalue weighted by molar-refractivity contribution is -0.142. The Hall–Kier alpha value is -3.67. The molecular formula is C24H25N3O3. The lowest BCUT2D eigenvalue weighted by Crippen LogP contribution is -2.20. The Bertz CT molecular complexity index is 1010. The molecule has 0 aliphatic carbocycles. The van der Waals surface area contributed by atoms with Gasteiger partial charge in [-0.1, -0.05) is 56.3 Å². The topological polar surface area (TPSA) is 73.2 Å². The summed E-state index contributed by atoms with van der Waals surface area (Å²) in [5.74, 6) is -0.547. The summed E-state index contributed by atoms with van der Waals surface area (Å²) in [5.41, 5.74) is 3.77. The number of ether oxygens (including phenoxy) is 1. The van der Waals surface area contributed by atoms with Crippen LogP contribution < -0.4 is 5.32 Å². The highest BCUT2D eigenvalue weighted by Gasteiger charge is 2.07. The molecule has 0 aliphatic heterocycles. The van der Waals surface area contributed by atoms with Gasteiger partial charge in [-0.25, -0.2) is 4.79 Å². The zero-order valence-corrected chi connectivity index (χ0v) is 17.1. The molecule has 0 aliphatic rings. The summed E-state index contributed by atoms with van der Waals surface area (Å²) >= 11 is 0. The molecule has 6 nitrogen and oxygen atoms in total. The van der Waals surface area contributed by atoms with Crippen molar-refractivity contribution in [3.05, 3.63) is 89.8 Å². The third-order valence-electron chi connectivity index (χ3n) is 4.46. The van der Waals surface area contributed by atoms with E-state index in [0.717, 1.165) is 11.1 Å². The fourth-order valence-corrected chi connectivity index (χ4v) is 2.82. The summed E-state index contributed by atoms with van der Waals surface area (Å²) in [5, 5.41) is 6.99. The van der Waals surface area contributed by atoms with E-state index < -0.39 is 5.97 Å². The van der Waals surface area contributed by atoms with E-state index in [9.17, 15) is 9.59 Å². The van der Waals surface area contributed by atoms with Crippen LogP contribution in [0.4, 0.5) is 5.69 Å². The third-order valence-corrected chi connectivity index (χ3v) is 4.46. The standard InChI is InChI=1S/C24H25N3O3/c1-18(2)21-9-11-22(12-10-21)26-23(28)17-30-24(29)13-8-20-14-25-27(16-20)15-19-6-4-3-5-7-19/h3-14,16,18H,15,17H2,1-2H3,(H,26,28)/b13-8+. The zero-order valence-electron chi connectivity index (χ0n) is 17.1. The first-order valence-electron chi connectivity index (χ1n) is 9.80. The summed E-state index contributed by atoms with van der Waals surface area (Å²) in [6.45, 7) is 4.52. The van der Waals surface area contributed by atoms with Crippen LogP contribution in [0.5, 0.6) is 0 Å². The normalized spacial score (nSPS) is 11.0. The number of amides is 1. The Morgan fingerprint density at radius 1 is 1.10 bits per heavy atom. The number of carbonyl (C=O) groups excluding carboxylic acids is 2. The number of anilines is 1.